The Bertz CT molecular complexity index is 203. The smallest absolute Gasteiger partial charge is 0.0675 e. The predicted molar refractivity (Wildman–Crippen MR) is 55.8 cm³/mol. The fourth-order valence-corrected chi connectivity index (χ4v) is 5.72. The lowest BCUT2D eigenvalue weighted by atomic mass is 9.41. The number of nitrogens with two attached hydrogens (primary N) is 1. The molecule has 0 radical (unpaired) electrons. The molecule has 80 valence electrons. The molecule has 0 aromatic carbocycles. The maximum atomic E-state index is 10.5. The van der Waals surface area contributed by atoms with Gasteiger partial charge in [0.2, 0.25) is 0 Å². The molecule has 0 aromatic rings. The summed E-state index contributed by atoms with van der Waals surface area (Å²) in [4.78, 5) is 0. The summed E-state index contributed by atoms with van der Waals surface area (Å²) in [6.07, 6.45) is 6.31. The van der Waals surface area contributed by atoms with Crippen LogP contribution in [0.5, 0.6) is 0 Å². The van der Waals surface area contributed by atoms with Gasteiger partial charge in [-0.3, -0.25) is 0 Å². The van der Waals surface area contributed by atoms with E-state index in [9.17, 15) is 5.11 Å². The second kappa shape index (κ2) is 2.05. The van der Waals surface area contributed by atoms with E-state index in [1.165, 1.54) is 6.42 Å². The molecule has 2 nitrogen and oxygen atoms in total. The topological polar surface area (TPSA) is 46.2 Å². The lowest BCUT2D eigenvalue weighted by Gasteiger charge is -2.67. The van der Waals surface area contributed by atoms with Crippen LogP contribution >= 0.6 is 0 Å². The van der Waals surface area contributed by atoms with Crippen LogP contribution in [0.25, 0.3) is 0 Å². The molecule has 0 heterocycles. The van der Waals surface area contributed by atoms with E-state index < -0.39 is 5.60 Å². The van der Waals surface area contributed by atoms with Crippen molar-refractivity contribution in [2.75, 3.05) is 0 Å². The highest BCUT2D eigenvalue weighted by atomic mass is 16.3. The summed E-state index contributed by atoms with van der Waals surface area (Å²) in [7, 11) is 0. The monoisotopic (exact) mass is 195 g/mol. The van der Waals surface area contributed by atoms with E-state index >= 15 is 0 Å². The molecule has 4 aliphatic rings. The van der Waals surface area contributed by atoms with Crippen molar-refractivity contribution in [3.8, 4) is 0 Å². The molecule has 2 heteroatoms. The van der Waals surface area contributed by atoms with Gasteiger partial charge in [-0.15, -0.1) is 0 Å². The predicted octanol–water partition coefficient (Wildman–Crippen LogP) is 1.81. The van der Waals surface area contributed by atoms with Gasteiger partial charge in [0.15, 0.2) is 0 Å². The average Bonchev–Trinajstić information content (AvgIpc) is 1.67. The quantitative estimate of drug-likeness (QED) is 0.619. The van der Waals surface area contributed by atoms with E-state index in [4.69, 9.17) is 5.73 Å². The van der Waals surface area contributed by atoms with Crippen LogP contribution in [0.4, 0.5) is 0 Å². The molecular formula is C12H21NO. The third-order valence-corrected chi connectivity index (χ3v) is 4.60. The largest absolute Gasteiger partial charge is 0.390 e. The Hall–Kier alpha value is -0.0800. The van der Waals surface area contributed by atoms with Crippen LogP contribution in [-0.4, -0.2) is 16.2 Å². The highest BCUT2D eigenvalue weighted by Crippen LogP contribution is 2.66. The second-order valence-electron chi connectivity index (χ2n) is 7.27. The second-order valence-corrected chi connectivity index (χ2v) is 7.27. The maximum absolute atomic E-state index is 10.5. The van der Waals surface area contributed by atoms with Gasteiger partial charge in [0, 0.05) is 5.54 Å². The molecule has 0 unspecified atom stereocenters. The minimum Gasteiger partial charge on any atom is -0.390 e. The van der Waals surface area contributed by atoms with Gasteiger partial charge in [-0.1, -0.05) is 13.8 Å². The molecular weight excluding hydrogens is 174 g/mol. The van der Waals surface area contributed by atoms with Crippen molar-refractivity contribution >= 4 is 0 Å². The zero-order chi connectivity index (χ0) is 10.2. The summed E-state index contributed by atoms with van der Waals surface area (Å²) >= 11 is 0. The SMILES string of the molecule is C[C@@]12CC3(N)CC(O)(C1)C[C@@](C)(C3)C2. The maximum Gasteiger partial charge on any atom is 0.0675 e. The molecule has 14 heavy (non-hydrogen) atoms. The lowest BCUT2D eigenvalue weighted by Crippen LogP contribution is -2.68. The van der Waals surface area contributed by atoms with Crippen molar-refractivity contribution in [1.82, 2.24) is 0 Å². The molecule has 0 aliphatic heterocycles. The minimum atomic E-state index is -0.438. The Morgan fingerprint density at radius 2 is 1.36 bits per heavy atom. The lowest BCUT2D eigenvalue weighted by molar-refractivity contribution is -0.196. The molecule has 4 rings (SSSR count). The Labute approximate surface area is 85.9 Å². The first-order valence-electron chi connectivity index (χ1n) is 5.75. The highest BCUT2D eigenvalue weighted by Gasteiger charge is 2.64. The summed E-state index contributed by atoms with van der Waals surface area (Å²) in [5.41, 5.74) is 6.54. The summed E-state index contributed by atoms with van der Waals surface area (Å²) in [6.45, 7) is 4.63. The number of hydrogen-bond acceptors (Lipinski definition) is 2. The molecule has 0 aromatic heterocycles. The van der Waals surface area contributed by atoms with Gasteiger partial charge in [-0.25, -0.2) is 0 Å². The van der Waals surface area contributed by atoms with Crippen molar-refractivity contribution in [1.29, 1.82) is 0 Å². The number of hydrogen-bond donors (Lipinski definition) is 2. The first kappa shape index (κ1) is 9.17. The van der Waals surface area contributed by atoms with Crippen LogP contribution in [0.2, 0.25) is 0 Å². The van der Waals surface area contributed by atoms with Gasteiger partial charge in [0.05, 0.1) is 5.60 Å². The Morgan fingerprint density at radius 3 is 1.71 bits per heavy atom. The Kier molecular flexibility index (Phi) is 1.34. The van der Waals surface area contributed by atoms with Crippen LogP contribution in [-0.2, 0) is 0 Å². The van der Waals surface area contributed by atoms with Crippen molar-refractivity contribution in [2.45, 2.75) is 63.5 Å². The fraction of sp³-hybridized carbons (Fsp3) is 1.00. The molecule has 3 N–H and O–H groups in total. The molecule has 4 aliphatic carbocycles. The van der Waals surface area contributed by atoms with Crippen LogP contribution in [0.15, 0.2) is 0 Å². The molecule has 0 spiro atoms. The first-order valence-corrected chi connectivity index (χ1v) is 5.75. The molecule has 0 amide bonds. The van der Waals surface area contributed by atoms with E-state index in [2.05, 4.69) is 13.8 Å². The van der Waals surface area contributed by atoms with Gasteiger partial charge in [-0.05, 0) is 49.4 Å². The van der Waals surface area contributed by atoms with Crippen molar-refractivity contribution in [3.63, 3.8) is 0 Å². The van der Waals surface area contributed by atoms with E-state index in [1.54, 1.807) is 0 Å². The Balaban J connectivity index is 2.08. The summed E-state index contributed by atoms with van der Waals surface area (Å²) < 4.78 is 0. The fourth-order valence-electron chi connectivity index (χ4n) is 5.72. The third-order valence-electron chi connectivity index (χ3n) is 4.60. The van der Waals surface area contributed by atoms with Crippen molar-refractivity contribution < 1.29 is 5.11 Å². The molecule has 4 saturated carbocycles. The zero-order valence-corrected chi connectivity index (χ0v) is 9.27. The van der Waals surface area contributed by atoms with E-state index in [-0.39, 0.29) is 5.54 Å². The minimum absolute atomic E-state index is 0.0625. The first-order chi connectivity index (χ1) is 6.24. The van der Waals surface area contributed by atoms with Crippen LogP contribution in [0.3, 0.4) is 0 Å². The van der Waals surface area contributed by atoms with Gasteiger partial charge in [0.25, 0.3) is 0 Å². The van der Waals surface area contributed by atoms with Crippen LogP contribution in [0.1, 0.15) is 52.4 Å². The molecule has 4 bridgehead atoms. The summed E-state index contributed by atoms with van der Waals surface area (Å²) in [6, 6.07) is 0. The van der Waals surface area contributed by atoms with Gasteiger partial charge in [-0.2, -0.15) is 0 Å². The Morgan fingerprint density at radius 1 is 0.857 bits per heavy atom. The molecule has 2 atom stereocenters. The van der Waals surface area contributed by atoms with Gasteiger partial charge < -0.3 is 10.8 Å². The van der Waals surface area contributed by atoms with Crippen molar-refractivity contribution in [2.24, 2.45) is 16.6 Å². The van der Waals surface area contributed by atoms with Crippen LogP contribution in [0, 0.1) is 10.8 Å². The summed E-state index contributed by atoms with van der Waals surface area (Å²) in [5.74, 6) is 0. The third kappa shape index (κ3) is 1.10. The highest BCUT2D eigenvalue weighted by molar-refractivity contribution is 5.18. The van der Waals surface area contributed by atoms with Crippen molar-refractivity contribution in [3.05, 3.63) is 0 Å². The van der Waals surface area contributed by atoms with Gasteiger partial charge >= 0.3 is 0 Å². The summed E-state index contributed by atoms with van der Waals surface area (Å²) in [5, 5.41) is 10.5. The standard InChI is InChI=1S/C12H21NO/c1-9-3-10(2)5-11(13,4-9)8-12(14,6-9)7-10/h14H,3-8,13H2,1-2H3/t9-,10-,11?,12?/m1/s1. The van der Waals surface area contributed by atoms with E-state index in [0.717, 1.165) is 32.1 Å². The average molecular weight is 195 g/mol. The van der Waals surface area contributed by atoms with Gasteiger partial charge in [0.1, 0.15) is 0 Å². The molecule has 0 saturated heterocycles. The van der Waals surface area contributed by atoms with E-state index in [0.29, 0.717) is 10.8 Å². The van der Waals surface area contributed by atoms with E-state index in [1.807, 2.05) is 0 Å². The van der Waals surface area contributed by atoms with Crippen LogP contribution < -0.4 is 5.73 Å². The zero-order valence-electron chi connectivity index (χ0n) is 9.27. The normalized spacial score (nSPS) is 66.0. The molecule has 4 fully saturated rings. The number of aliphatic hydroxyl groups is 1. The number of rotatable bonds is 0.